The fraction of sp³-hybridized carbons (Fsp3) is 0. The van der Waals surface area contributed by atoms with Gasteiger partial charge in [-0.05, 0) is 284 Å². The van der Waals surface area contributed by atoms with E-state index in [4.69, 9.17) is 24.9 Å². The van der Waals surface area contributed by atoms with Crippen LogP contribution in [0, 0.1) is 36.4 Å². The number of para-hydroxylation sites is 3. The number of benzene rings is 12. The predicted octanol–water partition coefficient (Wildman–Crippen LogP) is 33.5. The molecule has 0 amide bonds. The van der Waals surface area contributed by atoms with Gasteiger partial charge in [0.25, 0.3) is 0 Å². The molecule has 0 atom stereocenters. The second-order valence-corrected chi connectivity index (χ2v) is 39.5. The van der Waals surface area contributed by atoms with Crippen LogP contribution in [0.4, 0.5) is 0 Å². The van der Waals surface area contributed by atoms with Crippen molar-refractivity contribution >= 4 is 198 Å². The number of fused-ring (bicyclic) bond motifs is 12. The molecule has 15 heterocycles. The van der Waals surface area contributed by atoms with Crippen LogP contribution in [0.3, 0.4) is 0 Å². The van der Waals surface area contributed by atoms with Gasteiger partial charge in [0, 0.05) is 64.3 Å². The molecule has 0 saturated carbocycles. The van der Waals surface area contributed by atoms with Crippen LogP contribution in [0.1, 0.15) is 0 Å². The van der Waals surface area contributed by atoms with Crippen molar-refractivity contribution in [3.05, 3.63) is 411 Å². The average Bonchev–Trinajstić information content (AvgIpc) is 1.59. The summed E-state index contributed by atoms with van der Waals surface area (Å²) in [6.07, 6.45) is 5.72. The molecule has 0 radical (unpaired) electrons. The van der Waals surface area contributed by atoms with Gasteiger partial charge in [0.1, 0.15) is 0 Å². The van der Waals surface area contributed by atoms with E-state index in [9.17, 15) is 0 Å². The number of nitrogens with zero attached hydrogens (tertiary/aromatic N) is 9. The minimum atomic E-state index is 0. The molecule has 0 aliphatic carbocycles. The molecule has 12 aromatic carbocycles. The van der Waals surface area contributed by atoms with Crippen LogP contribution in [0.25, 0.3) is 245 Å². The first-order chi connectivity index (χ1) is 65.4. The maximum atomic E-state index is 5.04. The SMILES string of the molecule is [Pt+2].[Pt+2].[Pt+2].[c-]1c(-c2ccc(-c3ccsc3)cn2)ccc(-c2ccsc2)c1-n1c2[c-]c(-c3nc4ccccc4s3)ccc2c2ccccc21.[c-]1c(-c2ccc(-c3ccsc3)cn2)cccc1-n1c2[c-]c(-c3nc4ccccc4s3)ccc2c2cc(-c3ccsc3)ccc21.[c-]1c(-c2ccccn2)cccc1-n1c2[c-]c(-c3nc4ccc(-c5ccsc5)cc4s3)ccc2c2cc(-c3ccsc3)ccc21. The van der Waals surface area contributed by atoms with Gasteiger partial charge in [0.05, 0.1) is 16.6 Å². The van der Waals surface area contributed by atoms with Crippen molar-refractivity contribution < 1.29 is 63.2 Å². The van der Waals surface area contributed by atoms with Gasteiger partial charge < -0.3 is 28.7 Å². The van der Waals surface area contributed by atoms with Gasteiger partial charge in [-0.15, -0.1) is 155 Å². The zero-order chi connectivity index (χ0) is 87.1. The molecule has 0 unspecified atom stereocenters. The van der Waals surface area contributed by atoms with Gasteiger partial charge in [-0.2, -0.15) is 102 Å². The molecule has 27 rings (SSSR count). The molecule has 0 aliphatic rings. The van der Waals surface area contributed by atoms with Crippen molar-refractivity contribution in [2.45, 2.75) is 0 Å². The van der Waals surface area contributed by atoms with Gasteiger partial charge in [0.2, 0.25) is 0 Å². The maximum Gasteiger partial charge on any atom is 2.00 e. The van der Waals surface area contributed by atoms with Crippen LogP contribution in [-0.2, 0) is 63.2 Å². The Morgan fingerprint density at radius 2 is 0.630 bits per heavy atom. The molecule has 0 saturated heterocycles. The Morgan fingerprint density at radius 3 is 1.10 bits per heavy atom. The average molecular weight is 2430 g/mol. The summed E-state index contributed by atoms with van der Waals surface area (Å²) in [6.45, 7) is 0. The van der Waals surface area contributed by atoms with Crippen LogP contribution in [0.5, 0.6) is 0 Å². The van der Waals surface area contributed by atoms with Crippen molar-refractivity contribution in [1.29, 1.82) is 0 Å². The van der Waals surface area contributed by atoms with Crippen LogP contribution in [0.15, 0.2) is 374 Å². The van der Waals surface area contributed by atoms with E-state index < -0.39 is 0 Å². The van der Waals surface area contributed by atoms with Gasteiger partial charge in [-0.1, -0.05) is 137 Å². The number of rotatable bonds is 15. The minimum Gasteiger partial charge on any atom is -0.346 e. The second-order valence-electron chi connectivity index (χ2n) is 31.8. The van der Waals surface area contributed by atoms with E-state index in [1.165, 1.54) is 80.3 Å². The maximum absolute atomic E-state index is 5.04. The third kappa shape index (κ3) is 16.8. The second kappa shape index (κ2) is 37.9. The first-order valence-electron chi connectivity index (χ1n) is 42.6. The summed E-state index contributed by atoms with van der Waals surface area (Å²) < 4.78 is 10.4. The third-order valence-corrected chi connectivity index (χ3v) is 31.2. The normalized spacial score (nSPS) is 11.4. The molecule has 21 heteroatoms. The number of pyridine rings is 3. The Hall–Kier alpha value is -12.6. The Balaban J connectivity index is 0.000000116. The van der Waals surface area contributed by atoms with Gasteiger partial charge in [-0.3, -0.25) is 15.0 Å². The smallest absolute Gasteiger partial charge is 0.346 e. The fourth-order valence-corrected chi connectivity index (χ4v) is 24.3. The molecule has 27 aromatic rings. The third-order valence-electron chi connectivity index (χ3n) is 23.9. The summed E-state index contributed by atoms with van der Waals surface area (Å²) in [6, 6.07) is 125. The topological polar surface area (TPSA) is 92.1 Å². The molecule has 9 nitrogen and oxygen atoms in total. The Labute approximate surface area is 855 Å². The molecular formula is C114H63N9Pt3S9. The van der Waals surface area contributed by atoms with Crippen LogP contribution in [0.2, 0.25) is 0 Å². The monoisotopic (exact) mass is 2430 g/mol. The summed E-state index contributed by atoms with van der Waals surface area (Å²) >= 11 is 15.4. The Morgan fingerprint density at radius 1 is 0.237 bits per heavy atom. The van der Waals surface area contributed by atoms with Gasteiger partial charge in [-0.25, -0.2) is 0 Å². The molecule has 0 N–H and O–H groups in total. The van der Waals surface area contributed by atoms with Crippen molar-refractivity contribution in [1.82, 2.24) is 43.6 Å². The van der Waals surface area contributed by atoms with Crippen molar-refractivity contribution in [3.63, 3.8) is 0 Å². The van der Waals surface area contributed by atoms with Crippen molar-refractivity contribution in [2.24, 2.45) is 0 Å². The first-order valence-corrected chi connectivity index (χ1v) is 50.7. The summed E-state index contributed by atoms with van der Waals surface area (Å²) in [7, 11) is 0. The van der Waals surface area contributed by atoms with Gasteiger partial charge >= 0.3 is 63.2 Å². The number of thiophene rings is 6. The van der Waals surface area contributed by atoms with E-state index in [1.807, 2.05) is 48.9 Å². The number of hydrogen-bond acceptors (Lipinski definition) is 15. The summed E-state index contributed by atoms with van der Waals surface area (Å²) in [4.78, 5) is 29.2. The minimum absolute atomic E-state index is 0. The van der Waals surface area contributed by atoms with E-state index in [2.05, 4.69) is 380 Å². The molecule has 648 valence electrons. The molecule has 0 spiro atoms. The van der Waals surface area contributed by atoms with Crippen LogP contribution < -0.4 is 0 Å². The Kier molecular flexibility index (Phi) is 24.7. The number of aromatic nitrogens is 9. The van der Waals surface area contributed by atoms with Gasteiger partial charge in [0.15, 0.2) is 0 Å². The van der Waals surface area contributed by atoms with Crippen molar-refractivity contribution in [2.75, 3.05) is 0 Å². The molecule has 0 aliphatic heterocycles. The Bertz CT molecular complexity index is 8900. The molecule has 135 heavy (non-hydrogen) atoms. The van der Waals surface area contributed by atoms with Crippen molar-refractivity contribution in [3.8, 4) is 149 Å². The van der Waals surface area contributed by atoms with Crippen LogP contribution >= 0.6 is 102 Å². The molecule has 0 bridgehead atoms. The standard InChI is InChI=1S/3C38H21N3S3.3Pt/c1-3-7-34-30(5-1)31-13-10-25(38-40-33-6-2-4-8-37(33)44-38)20-36(31)41(34)35-19-24(9-12-29(35)28-16-18-43-23-28)32-14-11-26(21-39-32)27-15-17-42-22-27;1-2-15-39-33(6-1)26-4-3-5-30(18-26)41-35-12-9-24(28-13-16-42-22-28)19-32(35)31-10-7-27(20-36(31)41)38-40-34-11-8-25(21-37(34)44-38)29-14-17-43-23-29;1-2-7-37-34(6-1)40-38(44-37)26-8-11-31-32-19-24(28-14-16-42-22-28)10-13-35(32)41(36(31)20-26)30-5-3-4-25(18-30)33-12-9-27(21-39-33)29-15-17-43-23-29;;;/h1-18,21-23H;2*1-17,19,21-23H;;;/q3*-2;3*+2. The summed E-state index contributed by atoms with van der Waals surface area (Å²) in [5, 5.41) is 35.7. The summed E-state index contributed by atoms with van der Waals surface area (Å²) in [5.41, 5.74) is 35.0. The van der Waals surface area contributed by atoms with E-state index in [0.29, 0.717) is 0 Å². The molecule has 15 aromatic heterocycles. The van der Waals surface area contributed by atoms with E-state index in [1.54, 1.807) is 102 Å². The van der Waals surface area contributed by atoms with Crippen LogP contribution in [-0.4, -0.2) is 43.6 Å². The zero-order valence-electron chi connectivity index (χ0n) is 70.5. The number of hydrogen-bond donors (Lipinski definition) is 0. The largest absolute Gasteiger partial charge is 2.00 e. The quantitative estimate of drug-likeness (QED) is 0.0950. The van der Waals surface area contributed by atoms with E-state index >= 15 is 0 Å². The fourth-order valence-electron chi connectivity index (χ4n) is 17.5. The first kappa shape index (κ1) is 87.7. The molecule has 0 fully saturated rings. The van der Waals surface area contributed by atoms with E-state index in [-0.39, 0.29) is 63.2 Å². The van der Waals surface area contributed by atoms with E-state index in [0.717, 1.165) is 165 Å². The zero-order valence-corrected chi connectivity index (χ0v) is 84.7. The number of thiazole rings is 3. The molecular weight excluding hydrogens is 2370 g/mol. The summed E-state index contributed by atoms with van der Waals surface area (Å²) in [5.74, 6) is 0. The predicted molar refractivity (Wildman–Crippen MR) is 561 cm³/mol.